The Labute approximate surface area is 134 Å². The Hall–Kier alpha value is -2.04. The van der Waals surface area contributed by atoms with Crippen molar-refractivity contribution in [1.29, 1.82) is 0 Å². The van der Waals surface area contributed by atoms with Gasteiger partial charge in [-0.3, -0.25) is 4.79 Å². The highest BCUT2D eigenvalue weighted by Gasteiger charge is 2.14. The van der Waals surface area contributed by atoms with E-state index >= 15 is 0 Å². The Bertz CT molecular complexity index is 673. The number of halogens is 1. The molecule has 0 fully saturated rings. The first kappa shape index (κ1) is 16.3. The number of rotatable bonds is 5. The van der Waals surface area contributed by atoms with Crippen LogP contribution in [0, 0.1) is 6.92 Å². The molecule has 2 aromatic carbocycles. The number of aliphatic hydroxyl groups excluding tert-OH is 1. The van der Waals surface area contributed by atoms with Gasteiger partial charge < -0.3 is 15.2 Å². The van der Waals surface area contributed by atoms with Crippen LogP contribution in [0.25, 0.3) is 0 Å². The van der Waals surface area contributed by atoms with Crippen molar-refractivity contribution in [2.45, 2.75) is 13.0 Å². The van der Waals surface area contributed by atoms with Crippen LogP contribution in [0.15, 0.2) is 42.5 Å². The van der Waals surface area contributed by atoms with Crippen LogP contribution in [-0.2, 0) is 0 Å². The minimum Gasteiger partial charge on any atom is -0.497 e. The summed E-state index contributed by atoms with van der Waals surface area (Å²) in [5, 5.41) is 13.3. The normalized spacial score (nSPS) is 11.8. The summed E-state index contributed by atoms with van der Waals surface area (Å²) in [4.78, 5) is 12.2. The summed E-state index contributed by atoms with van der Waals surface area (Å²) < 4.78 is 5.11. The first-order chi connectivity index (χ1) is 10.5. The summed E-state index contributed by atoms with van der Waals surface area (Å²) in [7, 11) is 1.58. The SMILES string of the molecule is COc1ccc(C(=O)NCC(O)c2ccccc2Cl)c(C)c1. The molecule has 0 saturated heterocycles. The van der Waals surface area contributed by atoms with Gasteiger partial charge in [0.2, 0.25) is 0 Å². The maximum Gasteiger partial charge on any atom is 0.251 e. The maximum absolute atomic E-state index is 12.2. The van der Waals surface area contributed by atoms with Crippen molar-refractivity contribution < 1.29 is 14.6 Å². The second-order valence-corrected chi connectivity index (χ2v) is 5.34. The van der Waals surface area contributed by atoms with E-state index in [1.165, 1.54) is 0 Å². The van der Waals surface area contributed by atoms with Crippen LogP contribution in [0.4, 0.5) is 0 Å². The monoisotopic (exact) mass is 319 g/mol. The summed E-state index contributed by atoms with van der Waals surface area (Å²) in [6, 6.07) is 12.2. The van der Waals surface area contributed by atoms with Gasteiger partial charge in [0.1, 0.15) is 5.75 Å². The van der Waals surface area contributed by atoms with Gasteiger partial charge in [-0.25, -0.2) is 0 Å². The van der Waals surface area contributed by atoms with E-state index in [0.717, 1.165) is 5.56 Å². The lowest BCUT2D eigenvalue weighted by Gasteiger charge is -2.14. The molecule has 5 heteroatoms. The highest BCUT2D eigenvalue weighted by atomic mass is 35.5. The lowest BCUT2D eigenvalue weighted by Crippen LogP contribution is -2.29. The first-order valence-corrected chi connectivity index (χ1v) is 7.26. The largest absolute Gasteiger partial charge is 0.497 e. The molecule has 0 heterocycles. The number of nitrogens with one attached hydrogen (secondary N) is 1. The van der Waals surface area contributed by atoms with Crippen molar-refractivity contribution in [2.24, 2.45) is 0 Å². The average molecular weight is 320 g/mol. The topological polar surface area (TPSA) is 58.6 Å². The molecule has 0 radical (unpaired) electrons. The smallest absolute Gasteiger partial charge is 0.251 e. The van der Waals surface area contributed by atoms with E-state index in [1.54, 1.807) is 49.6 Å². The number of carbonyl (C=O) groups excluding carboxylic acids is 1. The van der Waals surface area contributed by atoms with Crippen molar-refractivity contribution in [3.63, 3.8) is 0 Å². The fraction of sp³-hybridized carbons (Fsp3) is 0.235. The van der Waals surface area contributed by atoms with Gasteiger partial charge in [-0.15, -0.1) is 0 Å². The Balaban J connectivity index is 2.02. The number of aryl methyl sites for hydroxylation is 1. The molecule has 1 amide bonds. The quantitative estimate of drug-likeness (QED) is 0.890. The van der Waals surface area contributed by atoms with E-state index < -0.39 is 6.10 Å². The van der Waals surface area contributed by atoms with Gasteiger partial charge in [0.05, 0.1) is 13.2 Å². The van der Waals surface area contributed by atoms with E-state index in [9.17, 15) is 9.90 Å². The van der Waals surface area contributed by atoms with Crippen LogP contribution in [-0.4, -0.2) is 24.7 Å². The Morgan fingerprint density at radius 2 is 2.05 bits per heavy atom. The van der Waals surface area contributed by atoms with Crippen LogP contribution in [0.2, 0.25) is 5.02 Å². The van der Waals surface area contributed by atoms with Crippen LogP contribution in [0.3, 0.4) is 0 Å². The second kappa shape index (κ2) is 7.29. The van der Waals surface area contributed by atoms with Crippen LogP contribution < -0.4 is 10.1 Å². The minimum atomic E-state index is -0.851. The number of carbonyl (C=O) groups is 1. The highest BCUT2D eigenvalue weighted by molar-refractivity contribution is 6.31. The molecule has 0 saturated carbocycles. The van der Waals surface area contributed by atoms with Crippen molar-refractivity contribution >= 4 is 17.5 Å². The molecule has 0 aliphatic heterocycles. The van der Waals surface area contributed by atoms with Crippen LogP contribution >= 0.6 is 11.6 Å². The fourth-order valence-corrected chi connectivity index (χ4v) is 2.42. The number of benzene rings is 2. The number of hydrogen-bond acceptors (Lipinski definition) is 3. The zero-order valence-electron chi connectivity index (χ0n) is 12.5. The van der Waals surface area contributed by atoms with Gasteiger partial charge in [0.25, 0.3) is 5.91 Å². The summed E-state index contributed by atoms with van der Waals surface area (Å²) in [5.74, 6) is 0.455. The highest BCUT2D eigenvalue weighted by Crippen LogP contribution is 2.22. The summed E-state index contributed by atoms with van der Waals surface area (Å²) in [6.45, 7) is 1.93. The Morgan fingerprint density at radius 3 is 2.68 bits per heavy atom. The summed E-state index contributed by atoms with van der Waals surface area (Å²) in [5.41, 5.74) is 1.95. The number of aliphatic hydroxyl groups is 1. The molecule has 2 rings (SSSR count). The third-order valence-electron chi connectivity index (χ3n) is 3.40. The van der Waals surface area contributed by atoms with Gasteiger partial charge in [0, 0.05) is 22.7 Å². The van der Waals surface area contributed by atoms with Crippen LogP contribution in [0.5, 0.6) is 5.75 Å². The number of hydrogen-bond donors (Lipinski definition) is 2. The van der Waals surface area contributed by atoms with E-state index in [2.05, 4.69) is 5.32 Å². The molecule has 0 aliphatic rings. The molecule has 4 nitrogen and oxygen atoms in total. The molecule has 2 aromatic rings. The first-order valence-electron chi connectivity index (χ1n) is 6.88. The molecule has 1 unspecified atom stereocenters. The minimum absolute atomic E-state index is 0.0913. The fourth-order valence-electron chi connectivity index (χ4n) is 2.16. The third-order valence-corrected chi connectivity index (χ3v) is 3.74. The second-order valence-electron chi connectivity index (χ2n) is 4.93. The Morgan fingerprint density at radius 1 is 1.32 bits per heavy atom. The van der Waals surface area contributed by atoms with Gasteiger partial charge in [0.15, 0.2) is 0 Å². The average Bonchev–Trinajstić information content (AvgIpc) is 2.52. The van der Waals surface area contributed by atoms with E-state index in [4.69, 9.17) is 16.3 Å². The molecule has 0 aromatic heterocycles. The van der Waals surface area contributed by atoms with Crippen molar-refractivity contribution in [2.75, 3.05) is 13.7 Å². The van der Waals surface area contributed by atoms with Gasteiger partial charge >= 0.3 is 0 Å². The molecule has 22 heavy (non-hydrogen) atoms. The predicted molar refractivity (Wildman–Crippen MR) is 86.5 cm³/mol. The zero-order chi connectivity index (χ0) is 16.1. The molecule has 2 N–H and O–H groups in total. The molecular formula is C17H18ClNO3. The number of ether oxygens (including phenoxy) is 1. The summed E-state index contributed by atoms with van der Waals surface area (Å²) in [6.07, 6.45) is -0.851. The van der Waals surface area contributed by atoms with Gasteiger partial charge in [-0.1, -0.05) is 29.8 Å². The number of methoxy groups -OCH3 is 1. The molecule has 116 valence electrons. The molecule has 1 atom stereocenters. The molecule has 0 bridgehead atoms. The zero-order valence-corrected chi connectivity index (χ0v) is 13.2. The van der Waals surface area contributed by atoms with Crippen molar-refractivity contribution in [1.82, 2.24) is 5.32 Å². The van der Waals surface area contributed by atoms with Gasteiger partial charge in [-0.05, 0) is 36.8 Å². The van der Waals surface area contributed by atoms with Gasteiger partial charge in [-0.2, -0.15) is 0 Å². The van der Waals surface area contributed by atoms with Crippen LogP contribution in [0.1, 0.15) is 27.6 Å². The molecule has 0 aliphatic carbocycles. The molecular weight excluding hydrogens is 302 g/mol. The lowest BCUT2D eigenvalue weighted by molar-refractivity contribution is 0.0915. The van der Waals surface area contributed by atoms with E-state index in [0.29, 0.717) is 21.9 Å². The number of amides is 1. The Kier molecular flexibility index (Phi) is 5.41. The molecule has 0 spiro atoms. The summed E-state index contributed by atoms with van der Waals surface area (Å²) >= 11 is 6.02. The third kappa shape index (κ3) is 3.78. The van der Waals surface area contributed by atoms with E-state index in [-0.39, 0.29) is 12.5 Å². The predicted octanol–water partition coefficient (Wildman–Crippen LogP) is 3.12. The maximum atomic E-state index is 12.2. The van der Waals surface area contributed by atoms with Crippen molar-refractivity contribution in [3.8, 4) is 5.75 Å². The standard InChI is InChI=1S/C17H18ClNO3/c1-11-9-12(22-2)7-8-13(11)17(21)19-10-16(20)14-5-3-4-6-15(14)18/h3-9,16,20H,10H2,1-2H3,(H,19,21). The van der Waals surface area contributed by atoms with E-state index in [1.807, 2.05) is 6.92 Å². The lowest BCUT2D eigenvalue weighted by atomic mass is 10.1. The van der Waals surface area contributed by atoms with Crippen molar-refractivity contribution in [3.05, 3.63) is 64.2 Å².